The summed E-state index contributed by atoms with van der Waals surface area (Å²) < 4.78 is 16.9. The van der Waals surface area contributed by atoms with E-state index in [1.807, 2.05) is 0 Å². The van der Waals surface area contributed by atoms with E-state index in [1.165, 1.54) is 257 Å². The van der Waals surface area contributed by atoms with Crippen LogP contribution < -0.4 is 0 Å². The maximum absolute atomic E-state index is 12.9. The van der Waals surface area contributed by atoms with Crippen LogP contribution in [0.1, 0.15) is 374 Å². The van der Waals surface area contributed by atoms with E-state index < -0.39 is 6.10 Å². The number of esters is 3. The molecule has 0 amide bonds. The van der Waals surface area contributed by atoms with Gasteiger partial charge in [0.2, 0.25) is 0 Å². The fourth-order valence-corrected chi connectivity index (χ4v) is 10.3. The van der Waals surface area contributed by atoms with Crippen LogP contribution in [0.15, 0.2) is 48.6 Å². The molecule has 0 aliphatic carbocycles. The molecule has 0 rings (SSSR count). The first kappa shape index (κ1) is 75.4. The first-order valence-electron chi connectivity index (χ1n) is 34.6. The minimum absolute atomic E-state index is 0.0743. The molecule has 78 heavy (non-hydrogen) atoms. The van der Waals surface area contributed by atoms with Crippen molar-refractivity contribution in [2.75, 3.05) is 13.2 Å². The molecule has 0 saturated heterocycles. The molecule has 0 bridgehead atoms. The Kier molecular flexibility index (Phi) is 64.6. The Morgan fingerprint density at radius 2 is 0.462 bits per heavy atom. The van der Waals surface area contributed by atoms with Gasteiger partial charge in [0, 0.05) is 19.3 Å². The summed E-state index contributed by atoms with van der Waals surface area (Å²) in [4.78, 5) is 38.2. The van der Waals surface area contributed by atoms with Crippen molar-refractivity contribution in [1.29, 1.82) is 0 Å². The summed E-state index contributed by atoms with van der Waals surface area (Å²) in [7, 11) is 0. The SMILES string of the molecule is CCCCCCC/C=C\C/C=C\C/C=C\CCCCCCCCC(=O)OC(COC(=O)CCCCCCCCCC)COC(=O)CCCCCCCCCCCCCCCCCCCCC/C=C\CCCCCCCCCC. The molecule has 0 saturated carbocycles. The Labute approximate surface area is 486 Å². The van der Waals surface area contributed by atoms with E-state index in [1.54, 1.807) is 0 Å². The summed E-state index contributed by atoms with van der Waals surface area (Å²) in [5, 5.41) is 0. The molecule has 0 aromatic carbocycles. The minimum Gasteiger partial charge on any atom is -0.462 e. The molecule has 0 radical (unpaired) electrons. The van der Waals surface area contributed by atoms with Crippen LogP contribution in [0, 0.1) is 0 Å². The van der Waals surface area contributed by atoms with E-state index in [9.17, 15) is 14.4 Å². The first-order chi connectivity index (χ1) is 38.5. The van der Waals surface area contributed by atoms with E-state index >= 15 is 0 Å². The number of rotatable bonds is 64. The molecule has 0 heterocycles. The quantitative estimate of drug-likeness (QED) is 0.0261. The summed E-state index contributed by atoms with van der Waals surface area (Å²) in [6, 6.07) is 0. The van der Waals surface area contributed by atoms with Gasteiger partial charge in [0.1, 0.15) is 13.2 Å². The summed E-state index contributed by atoms with van der Waals surface area (Å²) in [5.74, 6) is -0.870. The second-order valence-corrected chi connectivity index (χ2v) is 23.4. The van der Waals surface area contributed by atoms with Gasteiger partial charge >= 0.3 is 17.9 Å². The highest BCUT2D eigenvalue weighted by atomic mass is 16.6. The van der Waals surface area contributed by atoms with E-state index in [4.69, 9.17) is 14.2 Å². The lowest BCUT2D eigenvalue weighted by Crippen LogP contribution is -2.30. The highest BCUT2D eigenvalue weighted by Crippen LogP contribution is 2.18. The number of ether oxygens (including phenoxy) is 3. The van der Waals surface area contributed by atoms with Gasteiger partial charge in [-0.1, -0.05) is 320 Å². The number of hydrogen-bond acceptors (Lipinski definition) is 6. The third-order valence-electron chi connectivity index (χ3n) is 15.6. The van der Waals surface area contributed by atoms with Crippen molar-refractivity contribution in [2.45, 2.75) is 380 Å². The summed E-state index contributed by atoms with van der Waals surface area (Å²) in [6.45, 7) is 6.64. The van der Waals surface area contributed by atoms with E-state index in [-0.39, 0.29) is 31.1 Å². The molecule has 0 fully saturated rings. The van der Waals surface area contributed by atoms with E-state index in [0.717, 1.165) is 77.0 Å². The van der Waals surface area contributed by atoms with Crippen molar-refractivity contribution < 1.29 is 28.6 Å². The molecule has 0 aliphatic rings. The van der Waals surface area contributed by atoms with Crippen LogP contribution in [0.3, 0.4) is 0 Å². The Morgan fingerprint density at radius 1 is 0.256 bits per heavy atom. The fraction of sp³-hybridized carbons (Fsp3) is 0.847. The lowest BCUT2D eigenvalue weighted by atomic mass is 10.0. The number of carbonyl (C=O) groups is 3. The number of carbonyl (C=O) groups excluding carboxylic acids is 3. The zero-order valence-corrected chi connectivity index (χ0v) is 52.5. The van der Waals surface area contributed by atoms with Crippen molar-refractivity contribution in [2.24, 2.45) is 0 Å². The topological polar surface area (TPSA) is 78.9 Å². The normalized spacial score (nSPS) is 12.3. The minimum atomic E-state index is -0.777. The number of unbranched alkanes of at least 4 members (excludes halogenated alkanes) is 45. The molecular formula is C72H132O6. The first-order valence-corrected chi connectivity index (χ1v) is 34.6. The predicted molar refractivity (Wildman–Crippen MR) is 339 cm³/mol. The van der Waals surface area contributed by atoms with Crippen molar-refractivity contribution >= 4 is 17.9 Å². The average Bonchev–Trinajstić information content (AvgIpc) is 3.44. The van der Waals surface area contributed by atoms with Crippen LogP contribution in [-0.4, -0.2) is 37.2 Å². The second kappa shape index (κ2) is 66.9. The predicted octanol–water partition coefficient (Wildman–Crippen LogP) is 23.7. The number of hydrogen-bond donors (Lipinski definition) is 0. The van der Waals surface area contributed by atoms with Crippen LogP contribution in [0.2, 0.25) is 0 Å². The van der Waals surface area contributed by atoms with E-state index in [0.29, 0.717) is 19.3 Å². The Balaban J connectivity index is 4.07. The Morgan fingerprint density at radius 3 is 0.731 bits per heavy atom. The van der Waals surface area contributed by atoms with Gasteiger partial charge in [-0.2, -0.15) is 0 Å². The van der Waals surface area contributed by atoms with Gasteiger partial charge in [-0.05, 0) is 83.5 Å². The Hall–Kier alpha value is -2.63. The van der Waals surface area contributed by atoms with Crippen LogP contribution in [0.5, 0.6) is 0 Å². The van der Waals surface area contributed by atoms with Crippen molar-refractivity contribution in [3.8, 4) is 0 Å². The molecule has 6 heteroatoms. The lowest BCUT2D eigenvalue weighted by Gasteiger charge is -2.18. The molecular weight excluding hydrogens is 961 g/mol. The van der Waals surface area contributed by atoms with Gasteiger partial charge < -0.3 is 14.2 Å². The summed E-state index contributed by atoms with van der Waals surface area (Å²) in [5.41, 5.74) is 0. The molecule has 0 aromatic rings. The third-order valence-corrected chi connectivity index (χ3v) is 15.6. The van der Waals surface area contributed by atoms with Gasteiger partial charge in [-0.25, -0.2) is 0 Å². The molecule has 456 valence electrons. The van der Waals surface area contributed by atoms with Crippen molar-refractivity contribution in [3.05, 3.63) is 48.6 Å². The van der Waals surface area contributed by atoms with Gasteiger partial charge in [-0.3, -0.25) is 14.4 Å². The summed E-state index contributed by atoms with van der Waals surface area (Å²) in [6.07, 6.45) is 84.5. The largest absolute Gasteiger partial charge is 0.462 e. The van der Waals surface area contributed by atoms with Crippen molar-refractivity contribution in [3.63, 3.8) is 0 Å². The summed E-state index contributed by atoms with van der Waals surface area (Å²) >= 11 is 0. The molecule has 1 atom stereocenters. The number of allylic oxidation sites excluding steroid dienone is 8. The smallest absolute Gasteiger partial charge is 0.306 e. The standard InChI is InChI=1S/C72H132O6/c1-4-7-10-13-16-19-21-23-25-27-29-31-32-33-34-35-36-37-38-39-40-42-43-45-47-49-51-53-56-59-62-65-71(74)77-68-69(67-76-70(73)64-61-58-55-18-15-12-9-6-3)78-72(75)66-63-60-57-54-52-50-48-46-44-41-30-28-26-24-22-20-17-14-11-8-5-2/h22,24,27-30,44,46,69H,4-21,23,25-26,31-43,45,47-68H2,1-3H3/b24-22-,29-27-,30-28-,46-44-. The van der Waals surface area contributed by atoms with Crippen LogP contribution >= 0.6 is 0 Å². The third kappa shape index (κ3) is 64.2. The fourth-order valence-electron chi connectivity index (χ4n) is 10.3. The van der Waals surface area contributed by atoms with Gasteiger partial charge in [0.15, 0.2) is 6.10 Å². The highest BCUT2D eigenvalue weighted by Gasteiger charge is 2.19. The lowest BCUT2D eigenvalue weighted by molar-refractivity contribution is -0.167. The molecule has 0 spiro atoms. The van der Waals surface area contributed by atoms with Crippen LogP contribution in [0.25, 0.3) is 0 Å². The zero-order valence-electron chi connectivity index (χ0n) is 52.5. The highest BCUT2D eigenvalue weighted by molar-refractivity contribution is 5.71. The molecule has 1 unspecified atom stereocenters. The van der Waals surface area contributed by atoms with Crippen LogP contribution in [0.4, 0.5) is 0 Å². The van der Waals surface area contributed by atoms with Crippen LogP contribution in [-0.2, 0) is 28.6 Å². The molecule has 6 nitrogen and oxygen atoms in total. The van der Waals surface area contributed by atoms with Gasteiger partial charge in [-0.15, -0.1) is 0 Å². The van der Waals surface area contributed by atoms with Gasteiger partial charge in [0.25, 0.3) is 0 Å². The van der Waals surface area contributed by atoms with Gasteiger partial charge in [0.05, 0.1) is 0 Å². The maximum Gasteiger partial charge on any atom is 0.306 e. The molecule has 0 N–H and O–H groups in total. The van der Waals surface area contributed by atoms with E-state index in [2.05, 4.69) is 69.4 Å². The zero-order chi connectivity index (χ0) is 56.4. The second-order valence-electron chi connectivity index (χ2n) is 23.4. The average molecular weight is 1090 g/mol. The Bertz CT molecular complexity index is 1350. The monoisotopic (exact) mass is 1090 g/mol. The maximum atomic E-state index is 12.9. The van der Waals surface area contributed by atoms with Crippen molar-refractivity contribution in [1.82, 2.24) is 0 Å². The molecule has 0 aliphatic heterocycles. The molecule has 0 aromatic heterocycles.